The number of fused-ring (bicyclic) bond motifs is 1. The Morgan fingerprint density at radius 2 is 2.13 bits per heavy atom. The first-order chi connectivity index (χ1) is 15.0. The largest absolute Gasteiger partial charge is 0.496 e. The van der Waals surface area contributed by atoms with Crippen LogP contribution in [0.1, 0.15) is 37.8 Å². The van der Waals surface area contributed by atoms with Crippen LogP contribution in [0.2, 0.25) is 0 Å². The van der Waals surface area contributed by atoms with Crippen LogP contribution >= 0.6 is 0 Å². The highest BCUT2D eigenvalue weighted by Gasteiger charge is 2.21. The molecule has 0 aliphatic heterocycles. The zero-order valence-corrected chi connectivity index (χ0v) is 18.8. The molecule has 0 aliphatic carbocycles. The number of aliphatic hydroxyl groups excluding tert-OH is 1. The van der Waals surface area contributed by atoms with Crippen molar-refractivity contribution in [2.24, 2.45) is 0 Å². The third-order valence-electron chi connectivity index (χ3n) is 5.30. The van der Waals surface area contributed by atoms with Crippen LogP contribution in [0.15, 0.2) is 24.4 Å². The molecule has 0 radical (unpaired) electrons. The quantitative estimate of drug-likeness (QED) is 0.427. The van der Waals surface area contributed by atoms with Gasteiger partial charge in [0.15, 0.2) is 11.3 Å². The average Bonchev–Trinajstić information content (AvgIpc) is 3.16. The van der Waals surface area contributed by atoms with Gasteiger partial charge in [0.25, 0.3) is 0 Å². The first-order valence-electron chi connectivity index (χ1n) is 10.7. The Labute approximate surface area is 183 Å². The number of hydrogen-bond acceptors (Lipinski definition) is 8. The third-order valence-corrected chi connectivity index (χ3v) is 5.30. The van der Waals surface area contributed by atoms with Crippen molar-refractivity contribution in [1.82, 2.24) is 25.1 Å². The van der Waals surface area contributed by atoms with E-state index >= 15 is 0 Å². The molecule has 0 saturated carbocycles. The van der Waals surface area contributed by atoms with Gasteiger partial charge in [0.05, 0.1) is 32.5 Å². The molecular formula is C22H33N7O2. The van der Waals surface area contributed by atoms with E-state index in [9.17, 15) is 5.11 Å². The van der Waals surface area contributed by atoms with Crippen molar-refractivity contribution in [2.75, 3.05) is 37.9 Å². The third kappa shape index (κ3) is 5.23. The van der Waals surface area contributed by atoms with Gasteiger partial charge in [-0.2, -0.15) is 10.1 Å². The average molecular weight is 428 g/mol. The molecule has 0 spiro atoms. The summed E-state index contributed by atoms with van der Waals surface area (Å²) in [4.78, 5) is 10.9. The van der Waals surface area contributed by atoms with Crippen molar-refractivity contribution in [2.45, 2.75) is 45.8 Å². The Kier molecular flexibility index (Phi) is 7.64. The fourth-order valence-corrected chi connectivity index (χ4v) is 3.61. The first-order valence-corrected chi connectivity index (χ1v) is 10.7. The van der Waals surface area contributed by atoms with Crippen LogP contribution in [-0.4, -0.2) is 58.2 Å². The van der Waals surface area contributed by atoms with Crippen LogP contribution in [-0.2, 0) is 13.1 Å². The van der Waals surface area contributed by atoms with Crippen molar-refractivity contribution in [1.29, 1.82) is 0 Å². The zero-order chi connectivity index (χ0) is 22.4. The molecule has 0 amide bonds. The maximum Gasteiger partial charge on any atom is 0.222 e. The van der Waals surface area contributed by atoms with Gasteiger partial charge in [-0.15, -0.1) is 0 Å². The highest BCUT2D eigenvalue weighted by molar-refractivity contribution is 5.86. The summed E-state index contributed by atoms with van der Waals surface area (Å²) in [7, 11) is 3.59. The number of hydrogen-bond donors (Lipinski definition) is 3. The minimum Gasteiger partial charge on any atom is -0.496 e. The highest BCUT2D eigenvalue weighted by atomic mass is 16.5. The number of nitrogens with zero attached hydrogens (tertiary/aromatic N) is 5. The fraction of sp³-hybridized carbons (Fsp3) is 0.500. The minimum atomic E-state index is -0.103. The molecule has 168 valence electrons. The van der Waals surface area contributed by atoms with E-state index in [0.717, 1.165) is 42.8 Å². The summed E-state index contributed by atoms with van der Waals surface area (Å²) < 4.78 is 7.43. The van der Waals surface area contributed by atoms with Gasteiger partial charge in [-0.1, -0.05) is 25.5 Å². The Hall–Kier alpha value is -2.91. The van der Waals surface area contributed by atoms with E-state index in [4.69, 9.17) is 15.6 Å². The number of methoxy groups -OCH3 is 1. The summed E-state index contributed by atoms with van der Waals surface area (Å²) in [6.45, 7) is 6.19. The van der Waals surface area contributed by atoms with Crippen molar-refractivity contribution in [3.05, 3.63) is 35.5 Å². The zero-order valence-electron chi connectivity index (χ0n) is 18.8. The molecule has 0 aliphatic rings. The van der Waals surface area contributed by atoms with Crippen LogP contribution < -0.4 is 20.7 Å². The molecule has 1 aromatic carbocycles. The summed E-state index contributed by atoms with van der Waals surface area (Å²) in [5.41, 5.74) is 9.54. The number of nitrogen functional groups attached to an aromatic ring is 1. The van der Waals surface area contributed by atoms with Crippen molar-refractivity contribution >= 4 is 22.8 Å². The molecule has 3 rings (SSSR count). The molecule has 1 atom stereocenters. The number of ether oxygens (including phenoxy) is 1. The van der Waals surface area contributed by atoms with Crippen LogP contribution in [0.4, 0.5) is 11.8 Å². The first kappa shape index (κ1) is 22.8. The molecule has 0 fully saturated rings. The number of aromatic nitrogens is 4. The second kappa shape index (κ2) is 10.4. The second-order valence-corrected chi connectivity index (χ2v) is 7.72. The van der Waals surface area contributed by atoms with Crippen molar-refractivity contribution in [3.8, 4) is 5.75 Å². The smallest absolute Gasteiger partial charge is 0.222 e. The summed E-state index contributed by atoms with van der Waals surface area (Å²) in [6, 6.07) is 6.07. The number of anilines is 2. The topological polar surface area (TPSA) is 114 Å². The Morgan fingerprint density at radius 3 is 2.81 bits per heavy atom. The lowest BCUT2D eigenvalue weighted by Crippen LogP contribution is -2.37. The number of nitrogens with one attached hydrogen (secondary N) is 1. The molecule has 2 heterocycles. The number of benzene rings is 1. The summed E-state index contributed by atoms with van der Waals surface area (Å²) in [6.07, 6.45) is 3.89. The Balaban J connectivity index is 1.98. The van der Waals surface area contributed by atoms with Gasteiger partial charge in [0.2, 0.25) is 5.95 Å². The molecule has 31 heavy (non-hydrogen) atoms. The molecular weight excluding hydrogens is 394 g/mol. The highest BCUT2D eigenvalue weighted by Crippen LogP contribution is 2.27. The van der Waals surface area contributed by atoms with Gasteiger partial charge in [0, 0.05) is 18.7 Å². The van der Waals surface area contributed by atoms with E-state index in [1.807, 2.05) is 30.9 Å². The van der Waals surface area contributed by atoms with Crippen LogP contribution in [0, 0.1) is 0 Å². The fourth-order valence-electron chi connectivity index (χ4n) is 3.61. The molecule has 0 saturated heterocycles. The lowest BCUT2D eigenvalue weighted by molar-refractivity contribution is 0.266. The maximum absolute atomic E-state index is 9.77. The SMILES string of the molecule is CCCCN(c1nc(N)nc2cn(Cc3ccc(CNC)cc3OC)nc12)C(C)CO. The lowest BCUT2D eigenvalue weighted by atomic mass is 10.1. The lowest BCUT2D eigenvalue weighted by Gasteiger charge is -2.29. The Bertz CT molecular complexity index is 1000. The van der Waals surface area contributed by atoms with E-state index in [0.29, 0.717) is 23.4 Å². The van der Waals surface area contributed by atoms with E-state index in [-0.39, 0.29) is 18.6 Å². The molecule has 9 nitrogen and oxygen atoms in total. The standard InChI is InChI=1S/C22H33N7O2/c1-5-6-9-29(15(2)14-30)21-20-18(25-22(23)26-21)13-28(27-20)12-17-8-7-16(11-24-3)10-19(17)31-4/h7-8,10,13,15,24,30H,5-6,9,11-12,14H2,1-4H3,(H2,23,25). The van der Waals surface area contributed by atoms with E-state index < -0.39 is 0 Å². The molecule has 0 bridgehead atoms. The molecule has 4 N–H and O–H groups in total. The van der Waals surface area contributed by atoms with Gasteiger partial charge in [-0.25, -0.2) is 4.98 Å². The number of nitrogens with two attached hydrogens (primary N) is 1. The van der Waals surface area contributed by atoms with Gasteiger partial charge in [-0.3, -0.25) is 4.68 Å². The van der Waals surface area contributed by atoms with Gasteiger partial charge in [-0.05, 0) is 32.0 Å². The molecule has 1 unspecified atom stereocenters. The van der Waals surface area contributed by atoms with Crippen LogP contribution in [0.3, 0.4) is 0 Å². The van der Waals surface area contributed by atoms with E-state index in [2.05, 4.69) is 39.2 Å². The second-order valence-electron chi connectivity index (χ2n) is 7.72. The summed E-state index contributed by atoms with van der Waals surface area (Å²) >= 11 is 0. The molecule has 9 heteroatoms. The minimum absolute atomic E-state index is 0.0198. The van der Waals surface area contributed by atoms with Crippen LogP contribution in [0.5, 0.6) is 5.75 Å². The van der Waals surface area contributed by atoms with Gasteiger partial charge < -0.3 is 25.8 Å². The van der Waals surface area contributed by atoms with E-state index in [1.165, 1.54) is 0 Å². The van der Waals surface area contributed by atoms with Crippen molar-refractivity contribution in [3.63, 3.8) is 0 Å². The van der Waals surface area contributed by atoms with Gasteiger partial charge in [0.1, 0.15) is 11.3 Å². The molecule has 3 aromatic rings. The predicted octanol–water partition coefficient (Wildman–Crippen LogP) is 2.17. The monoisotopic (exact) mass is 427 g/mol. The summed E-state index contributed by atoms with van der Waals surface area (Å²) in [5, 5.41) is 17.7. The van der Waals surface area contributed by atoms with Gasteiger partial charge >= 0.3 is 0 Å². The maximum atomic E-state index is 9.77. The number of aliphatic hydroxyl groups is 1. The number of unbranched alkanes of at least 4 members (excludes halogenated alkanes) is 1. The Morgan fingerprint density at radius 1 is 1.32 bits per heavy atom. The predicted molar refractivity (Wildman–Crippen MR) is 123 cm³/mol. The van der Waals surface area contributed by atoms with E-state index in [1.54, 1.807) is 7.11 Å². The number of rotatable bonds is 11. The van der Waals surface area contributed by atoms with Crippen molar-refractivity contribution < 1.29 is 9.84 Å². The van der Waals surface area contributed by atoms with Crippen LogP contribution in [0.25, 0.3) is 11.0 Å². The molecule has 2 aromatic heterocycles. The summed E-state index contributed by atoms with van der Waals surface area (Å²) in [5.74, 6) is 1.67. The normalized spacial score (nSPS) is 12.3.